The molecule has 2 aromatic rings. The summed E-state index contributed by atoms with van der Waals surface area (Å²) in [7, 11) is 1.96. The van der Waals surface area contributed by atoms with Crippen molar-refractivity contribution >= 4 is 0 Å². The molecule has 4 heteroatoms. The summed E-state index contributed by atoms with van der Waals surface area (Å²) < 4.78 is 7.69. The van der Waals surface area contributed by atoms with Gasteiger partial charge in [0.25, 0.3) is 0 Å². The highest BCUT2D eigenvalue weighted by Gasteiger charge is 2.32. The molecule has 4 nitrogen and oxygen atoms in total. The second kappa shape index (κ2) is 5.67. The van der Waals surface area contributed by atoms with Crippen molar-refractivity contribution in [1.29, 1.82) is 0 Å². The normalized spacial score (nSPS) is 18.6. The lowest BCUT2D eigenvalue weighted by Gasteiger charge is -2.23. The molecule has 1 aliphatic rings. The molecule has 2 atom stereocenters. The van der Waals surface area contributed by atoms with E-state index in [1.165, 1.54) is 11.1 Å². The van der Waals surface area contributed by atoms with Crippen LogP contribution in [0, 0.1) is 0 Å². The number of fused-ring (bicyclic) bond motifs is 1. The Hall–Kier alpha value is -1.81. The van der Waals surface area contributed by atoms with Crippen molar-refractivity contribution < 1.29 is 4.74 Å². The number of aromatic nitrogens is 2. The third-order valence-electron chi connectivity index (χ3n) is 3.84. The Morgan fingerprint density at radius 1 is 1.45 bits per heavy atom. The van der Waals surface area contributed by atoms with E-state index in [4.69, 9.17) is 4.74 Å². The van der Waals surface area contributed by atoms with Crippen molar-refractivity contribution in [3.8, 4) is 5.75 Å². The van der Waals surface area contributed by atoms with E-state index in [2.05, 4.69) is 41.7 Å². The molecule has 2 unspecified atom stereocenters. The number of nitrogens with one attached hydrogen (secondary N) is 1. The highest BCUT2D eigenvalue weighted by molar-refractivity contribution is 5.41. The summed E-state index contributed by atoms with van der Waals surface area (Å²) >= 11 is 0. The van der Waals surface area contributed by atoms with Gasteiger partial charge in [0.15, 0.2) is 0 Å². The minimum Gasteiger partial charge on any atom is -0.493 e. The van der Waals surface area contributed by atoms with Gasteiger partial charge in [-0.05, 0) is 19.0 Å². The predicted octanol–water partition coefficient (Wildman–Crippen LogP) is 2.64. The Morgan fingerprint density at radius 3 is 3.05 bits per heavy atom. The number of hydrogen-bond acceptors (Lipinski definition) is 3. The van der Waals surface area contributed by atoms with E-state index in [-0.39, 0.29) is 6.04 Å². The number of ether oxygens (including phenoxy) is 1. The van der Waals surface area contributed by atoms with E-state index >= 15 is 0 Å². The van der Waals surface area contributed by atoms with Gasteiger partial charge in [0, 0.05) is 36.3 Å². The third kappa shape index (κ3) is 2.43. The van der Waals surface area contributed by atoms with Gasteiger partial charge in [-0.2, -0.15) is 5.10 Å². The van der Waals surface area contributed by atoms with Crippen LogP contribution in [0.1, 0.15) is 36.4 Å². The summed E-state index contributed by atoms with van der Waals surface area (Å²) in [6.07, 6.45) is 5.16. The highest BCUT2D eigenvalue weighted by atomic mass is 16.5. The SMILES string of the molecule is CCCNC(c1cnn(C)c1)C1COc2ccccc21. The van der Waals surface area contributed by atoms with Gasteiger partial charge in [-0.3, -0.25) is 4.68 Å². The number of benzene rings is 1. The third-order valence-corrected chi connectivity index (χ3v) is 3.84. The maximum Gasteiger partial charge on any atom is 0.122 e. The van der Waals surface area contributed by atoms with Crippen molar-refractivity contribution in [2.24, 2.45) is 7.05 Å². The van der Waals surface area contributed by atoms with Crippen LogP contribution in [0.15, 0.2) is 36.7 Å². The van der Waals surface area contributed by atoms with E-state index in [1.54, 1.807) is 0 Å². The maximum absolute atomic E-state index is 5.83. The van der Waals surface area contributed by atoms with Gasteiger partial charge < -0.3 is 10.1 Å². The molecule has 0 fully saturated rings. The number of rotatable bonds is 5. The molecule has 1 aromatic carbocycles. The fraction of sp³-hybridized carbons (Fsp3) is 0.438. The summed E-state index contributed by atoms with van der Waals surface area (Å²) in [4.78, 5) is 0. The Kier molecular flexibility index (Phi) is 3.74. The fourth-order valence-electron chi connectivity index (χ4n) is 2.86. The van der Waals surface area contributed by atoms with Gasteiger partial charge in [-0.25, -0.2) is 0 Å². The van der Waals surface area contributed by atoms with E-state index < -0.39 is 0 Å². The van der Waals surface area contributed by atoms with E-state index in [1.807, 2.05) is 24.0 Å². The number of hydrogen-bond donors (Lipinski definition) is 1. The van der Waals surface area contributed by atoms with Crippen molar-refractivity contribution in [1.82, 2.24) is 15.1 Å². The van der Waals surface area contributed by atoms with Crippen LogP contribution in [0.4, 0.5) is 0 Å². The first kappa shape index (κ1) is 13.2. The van der Waals surface area contributed by atoms with E-state index in [9.17, 15) is 0 Å². The largest absolute Gasteiger partial charge is 0.493 e. The Balaban J connectivity index is 1.90. The van der Waals surface area contributed by atoms with Crippen LogP contribution in [-0.4, -0.2) is 22.9 Å². The van der Waals surface area contributed by atoms with Crippen molar-refractivity contribution in [2.75, 3.05) is 13.2 Å². The maximum atomic E-state index is 5.83. The van der Waals surface area contributed by atoms with Crippen LogP contribution in [0.3, 0.4) is 0 Å². The average molecular weight is 271 g/mol. The van der Waals surface area contributed by atoms with Crippen LogP contribution < -0.4 is 10.1 Å². The van der Waals surface area contributed by atoms with Crippen LogP contribution in [0.25, 0.3) is 0 Å². The van der Waals surface area contributed by atoms with Crippen molar-refractivity contribution in [3.63, 3.8) is 0 Å². The molecule has 0 bridgehead atoms. The lowest BCUT2D eigenvalue weighted by molar-refractivity contribution is 0.299. The highest BCUT2D eigenvalue weighted by Crippen LogP contribution is 2.40. The van der Waals surface area contributed by atoms with Crippen LogP contribution in [0.2, 0.25) is 0 Å². The topological polar surface area (TPSA) is 39.1 Å². The summed E-state index contributed by atoms with van der Waals surface area (Å²) in [6, 6.07) is 8.59. The molecule has 106 valence electrons. The molecule has 0 radical (unpaired) electrons. The second-order valence-electron chi connectivity index (χ2n) is 5.33. The monoisotopic (exact) mass is 271 g/mol. The van der Waals surface area contributed by atoms with Gasteiger partial charge >= 0.3 is 0 Å². The first-order chi connectivity index (χ1) is 9.79. The molecule has 2 heterocycles. The second-order valence-corrected chi connectivity index (χ2v) is 5.33. The van der Waals surface area contributed by atoms with Crippen LogP contribution in [0.5, 0.6) is 5.75 Å². The standard InChI is InChI=1S/C16H21N3O/c1-3-8-17-16(12-9-18-19(2)10-12)14-11-20-15-7-5-4-6-13(14)15/h4-7,9-10,14,16-17H,3,8,11H2,1-2H3. The first-order valence-electron chi connectivity index (χ1n) is 7.23. The lowest BCUT2D eigenvalue weighted by atomic mass is 9.90. The molecule has 0 amide bonds. The van der Waals surface area contributed by atoms with Gasteiger partial charge in [0.05, 0.1) is 12.8 Å². The Morgan fingerprint density at radius 2 is 2.30 bits per heavy atom. The average Bonchev–Trinajstić information content (AvgIpc) is 3.07. The molecule has 0 spiro atoms. The number of aryl methyl sites for hydroxylation is 1. The fourth-order valence-corrected chi connectivity index (χ4v) is 2.86. The zero-order valence-electron chi connectivity index (χ0n) is 12.0. The van der Waals surface area contributed by atoms with E-state index in [0.29, 0.717) is 5.92 Å². The molecule has 0 saturated heterocycles. The van der Waals surface area contributed by atoms with Crippen LogP contribution >= 0.6 is 0 Å². The van der Waals surface area contributed by atoms with Crippen LogP contribution in [-0.2, 0) is 7.05 Å². The zero-order chi connectivity index (χ0) is 13.9. The lowest BCUT2D eigenvalue weighted by Crippen LogP contribution is -2.28. The molecular formula is C16H21N3O. The smallest absolute Gasteiger partial charge is 0.122 e. The van der Waals surface area contributed by atoms with Gasteiger partial charge in [0.2, 0.25) is 0 Å². The summed E-state index contributed by atoms with van der Waals surface area (Å²) in [5, 5.41) is 7.96. The van der Waals surface area contributed by atoms with E-state index in [0.717, 1.165) is 25.3 Å². The molecule has 1 N–H and O–H groups in total. The Labute approximate surface area is 119 Å². The molecule has 3 rings (SSSR count). The van der Waals surface area contributed by atoms with Gasteiger partial charge in [-0.1, -0.05) is 25.1 Å². The predicted molar refractivity (Wildman–Crippen MR) is 78.9 cm³/mol. The minimum absolute atomic E-state index is 0.257. The van der Waals surface area contributed by atoms with Gasteiger partial charge in [0.1, 0.15) is 5.75 Å². The summed E-state index contributed by atoms with van der Waals surface area (Å²) in [5.41, 5.74) is 2.52. The zero-order valence-corrected chi connectivity index (χ0v) is 12.0. The quantitative estimate of drug-likeness (QED) is 0.908. The van der Waals surface area contributed by atoms with Gasteiger partial charge in [-0.15, -0.1) is 0 Å². The minimum atomic E-state index is 0.257. The molecule has 1 aliphatic heterocycles. The molecular weight excluding hydrogens is 250 g/mol. The summed E-state index contributed by atoms with van der Waals surface area (Å²) in [5.74, 6) is 1.37. The van der Waals surface area contributed by atoms with Crippen molar-refractivity contribution in [3.05, 3.63) is 47.8 Å². The number of nitrogens with zero attached hydrogens (tertiary/aromatic N) is 2. The molecule has 20 heavy (non-hydrogen) atoms. The molecule has 1 aromatic heterocycles. The summed E-state index contributed by atoms with van der Waals surface area (Å²) in [6.45, 7) is 3.92. The molecule has 0 saturated carbocycles. The van der Waals surface area contributed by atoms with Crippen molar-refractivity contribution in [2.45, 2.75) is 25.3 Å². The molecule has 0 aliphatic carbocycles. The number of para-hydroxylation sites is 1. The Bertz CT molecular complexity index is 579. The first-order valence-corrected chi connectivity index (χ1v) is 7.23.